The molecule has 0 aromatic rings. The Bertz CT molecular complexity index is 376. The molecule has 24 heavy (non-hydrogen) atoms. The maximum Gasteiger partial charge on any atom is 0.193 e. The zero-order valence-corrected chi connectivity index (χ0v) is 18.2. The molecular formula is C17H36IN5O. The second-order valence-electron chi connectivity index (χ2n) is 7.09. The van der Waals surface area contributed by atoms with E-state index in [-0.39, 0.29) is 24.0 Å². The molecule has 2 rings (SSSR count). The van der Waals surface area contributed by atoms with E-state index in [0.717, 1.165) is 57.8 Å². The van der Waals surface area contributed by atoms with Crippen molar-refractivity contribution < 1.29 is 4.74 Å². The first-order chi connectivity index (χ1) is 11.1. The first kappa shape index (κ1) is 21.9. The summed E-state index contributed by atoms with van der Waals surface area (Å²) in [5.74, 6) is 1.82. The van der Waals surface area contributed by atoms with Gasteiger partial charge in [-0.15, -0.1) is 24.0 Å². The van der Waals surface area contributed by atoms with Crippen molar-refractivity contribution in [2.45, 2.75) is 25.3 Å². The predicted octanol–water partition coefficient (Wildman–Crippen LogP) is 1.17. The lowest BCUT2D eigenvalue weighted by atomic mass is 9.96. The van der Waals surface area contributed by atoms with Crippen LogP contribution in [0.5, 0.6) is 0 Å². The molecule has 2 fully saturated rings. The Balaban J connectivity index is 0.00000288. The van der Waals surface area contributed by atoms with E-state index in [1.807, 2.05) is 7.05 Å². The third-order valence-corrected chi connectivity index (χ3v) is 5.26. The molecule has 2 aliphatic heterocycles. The van der Waals surface area contributed by atoms with Gasteiger partial charge in [-0.25, -0.2) is 0 Å². The minimum atomic E-state index is 0. The number of aliphatic imine (C=N–C) groups is 1. The van der Waals surface area contributed by atoms with Crippen LogP contribution in [-0.4, -0.2) is 101 Å². The lowest BCUT2D eigenvalue weighted by Crippen LogP contribution is -2.55. The minimum Gasteiger partial charge on any atom is -0.381 e. The maximum absolute atomic E-state index is 5.44. The second kappa shape index (κ2) is 11.5. The van der Waals surface area contributed by atoms with Gasteiger partial charge in [0.1, 0.15) is 0 Å². The van der Waals surface area contributed by atoms with Crippen LogP contribution in [0.3, 0.4) is 0 Å². The van der Waals surface area contributed by atoms with Crippen molar-refractivity contribution in [1.29, 1.82) is 0 Å². The Labute approximate surface area is 165 Å². The smallest absolute Gasteiger partial charge is 0.193 e. The molecule has 1 N–H and O–H groups in total. The number of halogens is 1. The summed E-state index contributed by atoms with van der Waals surface area (Å²) in [6, 6.07) is 0.550. The van der Waals surface area contributed by atoms with Crippen molar-refractivity contribution in [2.75, 3.05) is 74.1 Å². The number of hydrogen-bond donors (Lipinski definition) is 1. The summed E-state index contributed by atoms with van der Waals surface area (Å²) in [6.45, 7) is 7.30. The van der Waals surface area contributed by atoms with E-state index in [1.54, 1.807) is 0 Å². The van der Waals surface area contributed by atoms with Gasteiger partial charge in [0.2, 0.25) is 0 Å². The van der Waals surface area contributed by atoms with Gasteiger partial charge in [0.15, 0.2) is 5.96 Å². The van der Waals surface area contributed by atoms with Crippen molar-refractivity contribution in [3.63, 3.8) is 0 Å². The van der Waals surface area contributed by atoms with E-state index >= 15 is 0 Å². The van der Waals surface area contributed by atoms with Gasteiger partial charge in [-0.2, -0.15) is 0 Å². The van der Waals surface area contributed by atoms with Crippen LogP contribution in [0.25, 0.3) is 0 Å². The molecule has 0 aliphatic carbocycles. The highest BCUT2D eigenvalue weighted by atomic mass is 127. The van der Waals surface area contributed by atoms with Gasteiger partial charge in [0, 0.05) is 66.1 Å². The summed E-state index contributed by atoms with van der Waals surface area (Å²) in [5, 5.41) is 3.56. The summed E-state index contributed by atoms with van der Waals surface area (Å²) >= 11 is 0. The number of hydrogen-bond acceptors (Lipinski definition) is 4. The lowest BCUT2D eigenvalue weighted by molar-refractivity contribution is 0.0625. The zero-order valence-electron chi connectivity index (χ0n) is 15.8. The number of nitrogens with zero attached hydrogens (tertiary/aromatic N) is 4. The molecule has 0 aromatic carbocycles. The SMILES string of the molecule is CN=C(NCC1CN(C)CCN1C)N(C)CCC1CCOCC1.I. The zero-order chi connectivity index (χ0) is 16.7. The third kappa shape index (κ3) is 7.01. The topological polar surface area (TPSA) is 43.3 Å². The van der Waals surface area contributed by atoms with Crippen molar-refractivity contribution in [3.8, 4) is 0 Å². The number of guanidine groups is 1. The van der Waals surface area contributed by atoms with E-state index in [0.29, 0.717) is 6.04 Å². The first-order valence-corrected chi connectivity index (χ1v) is 8.98. The fourth-order valence-electron chi connectivity index (χ4n) is 3.43. The molecule has 6 nitrogen and oxygen atoms in total. The van der Waals surface area contributed by atoms with Crippen molar-refractivity contribution in [1.82, 2.24) is 20.0 Å². The average molecular weight is 453 g/mol. The van der Waals surface area contributed by atoms with Gasteiger partial charge in [0.25, 0.3) is 0 Å². The Morgan fingerprint density at radius 2 is 1.96 bits per heavy atom. The van der Waals surface area contributed by atoms with Crippen molar-refractivity contribution >= 4 is 29.9 Å². The highest BCUT2D eigenvalue weighted by molar-refractivity contribution is 14.0. The molecule has 1 atom stereocenters. The largest absolute Gasteiger partial charge is 0.381 e. The second-order valence-corrected chi connectivity index (χ2v) is 7.09. The fourth-order valence-corrected chi connectivity index (χ4v) is 3.43. The molecule has 0 spiro atoms. The van der Waals surface area contributed by atoms with Gasteiger partial charge in [0.05, 0.1) is 0 Å². The lowest BCUT2D eigenvalue weighted by Gasteiger charge is -2.38. The Morgan fingerprint density at radius 1 is 1.25 bits per heavy atom. The van der Waals surface area contributed by atoms with Gasteiger partial charge in [-0.3, -0.25) is 9.89 Å². The molecule has 0 saturated carbocycles. The summed E-state index contributed by atoms with van der Waals surface area (Å²) in [4.78, 5) is 11.6. The summed E-state index contributed by atoms with van der Waals surface area (Å²) in [7, 11) is 8.45. The molecular weight excluding hydrogens is 417 g/mol. The predicted molar refractivity (Wildman–Crippen MR) is 111 cm³/mol. The monoisotopic (exact) mass is 453 g/mol. The number of rotatable bonds is 5. The van der Waals surface area contributed by atoms with Crippen LogP contribution in [0, 0.1) is 5.92 Å². The fraction of sp³-hybridized carbons (Fsp3) is 0.941. The molecule has 142 valence electrons. The van der Waals surface area contributed by atoms with E-state index in [4.69, 9.17) is 4.74 Å². The van der Waals surface area contributed by atoms with Crippen LogP contribution in [0.1, 0.15) is 19.3 Å². The summed E-state index contributed by atoms with van der Waals surface area (Å²) in [6.07, 6.45) is 3.64. The van der Waals surface area contributed by atoms with Crippen LogP contribution >= 0.6 is 24.0 Å². The number of piperazine rings is 1. The average Bonchev–Trinajstić information content (AvgIpc) is 2.57. The van der Waals surface area contributed by atoms with E-state index in [2.05, 4.69) is 46.2 Å². The molecule has 7 heteroatoms. The minimum absolute atomic E-state index is 0. The van der Waals surface area contributed by atoms with E-state index in [1.165, 1.54) is 19.3 Å². The van der Waals surface area contributed by atoms with Crippen LogP contribution in [0.2, 0.25) is 0 Å². The summed E-state index contributed by atoms with van der Waals surface area (Å²) in [5.41, 5.74) is 0. The van der Waals surface area contributed by atoms with Crippen molar-refractivity contribution in [3.05, 3.63) is 0 Å². The Kier molecular flexibility index (Phi) is 10.5. The Hall–Kier alpha value is -0.120. The molecule has 0 aromatic heterocycles. The van der Waals surface area contributed by atoms with E-state index < -0.39 is 0 Å². The third-order valence-electron chi connectivity index (χ3n) is 5.26. The first-order valence-electron chi connectivity index (χ1n) is 8.98. The molecule has 2 heterocycles. The molecule has 2 saturated heterocycles. The molecule has 0 bridgehead atoms. The highest BCUT2D eigenvalue weighted by Gasteiger charge is 2.22. The molecule has 0 amide bonds. The molecule has 2 aliphatic rings. The van der Waals surface area contributed by atoms with Crippen LogP contribution in [0.4, 0.5) is 0 Å². The number of likely N-dealkylation sites (N-methyl/N-ethyl adjacent to an activating group) is 2. The van der Waals surface area contributed by atoms with Crippen LogP contribution in [0.15, 0.2) is 4.99 Å². The highest BCUT2D eigenvalue weighted by Crippen LogP contribution is 2.18. The quantitative estimate of drug-likeness (QED) is 0.385. The van der Waals surface area contributed by atoms with Crippen molar-refractivity contribution in [2.24, 2.45) is 10.9 Å². The van der Waals surface area contributed by atoms with Gasteiger partial charge < -0.3 is 19.9 Å². The molecule has 1 unspecified atom stereocenters. The summed E-state index contributed by atoms with van der Waals surface area (Å²) < 4.78 is 5.44. The van der Waals surface area contributed by atoms with Gasteiger partial charge in [-0.1, -0.05) is 0 Å². The van der Waals surface area contributed by atoms with Gasteiger partial charge in [-0.05, 0) is 39.3 Å². The number of ether oxygens (including phenoxy) is 1. The van der Waals surface area contributed by atoms with Crippen LogP contribution in [-0.2, 0) is 4.74 Å². The normalized spacial score (nSPS) is 24.5. The number of nitrogens with one attached hydrogen (secondary N) is 1. The standard InChI is InChI=1S/C17H35N5O.HI/c1-18-17(19-13-16-14-20(2)9-10-21(16)3)22(4)8-5-15-6-11-23-12-7-15;/h15-16H,5-14H2,1-4H3,(H,18,19);1H. The molecule has 0 radical (unpaired) electrons. The van der Waals surface area contributed by atoms with Crippen LogP contribution < -0.4 is 5.32 Å². The van der Waals surface area contributed by atoms with Gasteiger partial charge >= 0.3 is 0 Å². The Morgan fingerprint density at radius 3 is 2.62 bits per heavy atom. The van der Waals surface area contributed by atoms with E-state index in [9.17, 15) is 0 Å². The maximum atomic E-state index is 5.44.